The standard InChI is InChI=1S/C12H10ClN3O4/c1-7-9(13)6-15(14-7)5-8-3-2-4-10(16(19)20)11(8)12(17)18/h2-4,6H,5H2,1H3,(H,17,18). The van der Waals surface area contributed by atoms with E-state index in [1.807, 2.05) is 0 Å². The summed E-state index contributed by atoms with van der Waals surface area (Å²) >= 11 is 5.87. The SMILES string of the molecule is Cc1nn(Cc2cccc([N+](=O)[O-])c2C(=O)O)cc1Cl. The minimum atomic E-state index is -1.35. The van der Waals surface area contributed by atoms with Crippen LogP contribution in [0.25, 0.3) is 0 Å². The van der Waals surface area contributed by atoms with Gasteiger partial charge in [0.05, 0.1) is 22.2 Å². The van der Waals surface area contributed by atoms with Crippen molar-refractivity contribution in [1.29, 1.82) is 0 Å². The number of aryl methyl sites for hydroxylation is 1. The average Bonchev–Trinajstić information content (AvgIpc) is 2.67. The van der Waals surface area contributed by atoms with Crippen molar-refractivity contribution in [3.05, 3.63) is 56.4 Å². The van der Waals surface area contributed by atoms with Crippen LogP contribution in [0.4, 0.5) is 5.69 Å². The van der Waals surface area contributed by atoms with Crippen molar-refractivity contribution in [2.24, 2.45) is 0 Å². The fraction of sp³-hybridized carbons (Fsp3) is 0.167. The molecule has 7 nitrogen and oxygen atoms in total. The molecular weight excluding hydrogens is 286 g/mol. The number of halogens is 1. The van der Waals surface area contributed by atoms with Gasteiger partial charge < -0.3 is 5.11 Å². The van der Waals surface area contributed by atoms with E-state index >= 15 is 0 Å². The molecule has 0 aliphatic heterocycles. The van der Waals surface area contributed by atoms with Crippen LogP contribution in [0.15, 0.2) is 24.4 Å². The first kappa shape index (κ1) is 14.0. The van der Waals surface area contributed by atoms with Crippen molar-refractivity contribution >= 4 is 23.3 Å². The van der Waals surface area contributed by atoms with Crippen LogP contribution in [0.3, 0.4) is 0 Å². The molecule has 0 saturated carbocycles. The Morgan fingerprint density at radius 2 is 2.25 bits per heavy atom. The van der Waals surface area contributed by atoms with Crippen molar-refractivity contribution in [3.8, 4) is 0 Å². The second-order valence-electron chi connectivity index (χ2n) is 4.13. The van der Waals surface area contributed by atoms with Gasteiger partial charge in [0.15, 0.2) is 0 Å². The Kier molecular flexibility index (Phi) is 3.71. The van der Waals surface area contributed by atoms with Gasteiger partial charge in [-0.1, -0.05) is 23.7 Å². The lowest BCUT2D eigenvalue weighted by Gasteiger charge is -2.06. The Morgan fingerprint density at radius 3 is 2.75 bits per heavy atom. The van der Waals surface area contributed by atoms with E-state index in [1.54, 1.807) is 13.1 Å². The molecule has 2 aromatic rings. The lowest BCUT2D eigenvalue weighted by atomic mass is 10.1. The lowest BCUT2D eigenvalue weighted by molar-refractivity contribution is -0.385. The Bertz CT molecular complexity index is 677. The molecule has 1 N–H and O–H groups in total. The molecule has 2 rings (SSSR count). The molecule has 0 amide bonds. The second kappa shape index (κ2) is 5.30. The van der Waals surface area contributed by atoms with Gasteiger partial charge in [0, 0.05) is 12.3 Å². The van der Waals surface area contributed by atoms with Crippen LogP contribution < -0.4 is 0 Å². The van der Waals surface area contributed by atoms with E-state index in [0.29, 0.717) is 16.3 Å². The van der Waals surface area contributed by atoms with Crippen molar-refractivity contribution in [2.75, 3.05) is 0 Å². The molecule has 0 aliphatic carbocycles. The number of nitro benzene ring substituents is 1. The molecule has 1 aromatic heterocycles. The summed E-state index contributed by atoms with van der Waals surface area (Å²) in [5.74, 6) is -1.35. The first-order valence-corrected chi connectivity index (χ1v) is 5.97. The minimum Gasteiger partial charge on any atom is -0.477 e. The van der Waals surface area contributed by atoms with Crippen LogP contribution in [-0.2, 0) is 6.54 Å². The van der Waals surface area contributed by atoms with E-state index in [0.717, 1.165) is 6.07 Å². The van der Waals surface area contributed by atoms with Crippen LogP contribution in [-0.4, -0.2) is 25.8 Å². The highest BCUT2D eigenvalue weighted by atomic mass is 35.5. The zero-order chi connectivity index (χ0) is 14.9. The summed E-state index contributed by atoms with van der Waals surface area (Å²) < 4.78 is 1.45. The van der Waals surface area contributed by atoms with Crippen molar-refractivity contribution in [2.45, 2.75) is 13.5 Å². The number of hydrogen-bond acceptors (Lipinski definition) is 4. The molecule has 1 heterocycles. The maximum absolute atomic E-state index is 11.2. The van der Waals surface area contributed by atoms with Crippen LogP contribution in [0.1, 0.15) is 21.6 Å². The summed E-state index contributed by atoms with van der Waals surface area (Å²) in [6.07, 6.45) is 1.54. The van der Waals surface area contributed by atoms with Crippen LogP contribution in [0.5, 0.6) is 0 Å². The summed E-state index contributed by atoms with van der Waals surface area (Å²) in [5, 5.41) is 24.6. The van der Waals surface area contributed by atoms with Crippen molar-refractivity contribution < 1.29 is 14.8 Å². The Balaban J connectivity index is 2.48. The van der Waals surface area contributed by atoms with E-state index in [1.165, 1.54) is 16.8 Å². The average molecular weight is 296 g/mol. The first-order valence-electron chi connectivity index (χ1n) is 5.59. The number of nitrogens with zero attached hydrogens (tertiary/aromatic N) is 3. The second-order valence-corrected chi connectivity index (χ2v) is 4.54. The molecule has 0 spiro atoms. The predicted octanol–water partition coefficient (Wildman–Crippen LogP) is 2.50. The summed E-state index contributed by atoms with van der Waals surface area (Å²) in [6.45, 7) is 1.81. The molecule has 1 aromatic carbocycles. The van der Waals surface area contributed by atoms with Gasteiger partial charge in [-0.25, -0.2) is 4.79 Å². The summed E-state index contributed by atoms with van der Waals surface area (Å²) in [4.78, 5) is 21.4. The molecule has 0 aliphatic rings. The smallest absolute Gasteiger partial charge is 0.343 e. The number of benzene rings is 1. The van der Waals surface area contributed by atoms with Crippen LogP contribution in [0.2, 0.25) is 5.02 Å². The molecule has 104 valence electrons. The Hall–Kier alpha value is -2.41. The number of carboxylic acid groups (broad SMARTS) is 1. The minimum absolute atomic E-state index is 0.0941. The van der Waals surface area contributed by atoms with Gasteiger partial charge in [-0.3, -0.25) is 14.8 Å². The van der Waals surface area contributed by atoms with E-state index < -0.39 is 16.6 Å². The number of carbonyl (C=O) groups is 1. The van der Waals surface area contributed by atoms with Gasteiger partial charge in [-0.2, -0.15) is 5.10 Å². The Labute approximate surface area is 118 Å². The van der Waals surface area contributed by atoms with Gasteiger partial charge in [0.25, 0.3) is 5.69 Å². The number of carboxylic acids is 1. The largest absolute Gasteiger partial charge is 0.477 e. The number of nitro groups is 1. The van der Waals surface area contributed by atoms with Gasteiger partial charge in [0.2, 0.25) is 0 Å². The van der Waals surface area contributed by atoms with E-state index in [4.69, 9.17) is 11.6 Å². The number of aromatic nitrogens is 2. The third-order valence-electron chi connectivity index (χ3n) is 2.76. The normalized spacial score (nSPS) is 10.5. The van der Waals surface area contributed by atoms with E-state index in [-0.39, 0.29) is 12.1 Å². The zero-order valence-electron chi connectivity index (χ0n) is 10.4. The zero-order valence-corrected chi connectivity index (χ0v) is 11.2. The molecule has 0 bridgehead atoms. The fourth-order valence-electron chi connectivity index (χ4n) is 1.87. The lowest BCUT2D eigenvalue weighted by Crippen LogP contribution is -2.10. The number of rotatable bonds is 4. The highest BCUT2D eigenvalue weighted by molar-refractivity contribution is 6.31. The topological polar surface area (TPSA) is 98.3 Å². The molecule has 0 fully saturated rings. The van der Waals surface area contributed by atoms with Crippen molar-refractivity contribution in [3.63, 3.8) is 0 Å². The highest BCUT2D eigenvalue weighted by Crippen LogP contribution is 2.23. The number of aromatic carboxylic acids is 1. The van der Waals surface area contributed by atoms with Gasteiger partial charge >= 0.3 is 5.97 Å². The van der Waals surface area contributed by atoms with E-state index in [2.05, 4.69) is 5.10 Å². The molecule has 0 unspecified atom stereocenters. The summed E-state index contributed by atoms with van der Waals surface area (Å²) in [7, 11) is 0. The monoisotopic (exact) mass is 295 g/mol. The highest BCUT2D eigenvalue weighted by Gasteiger charge is 2.23. The van der Waals surface area contributed by atoms with Crippen LogP contribution >= 0.6 is 11.6 Å². The van der Waals surface area contributed by atoms with Gasteiger partial charge in [-0.05, 0) is 12.5 Å². The summed E-state index contributed by atoms with van der Waals surface area (Å²) in [6, 6.07) is 4.12. The fourth-order valence-corrected chi connectivity index (χ4v) is 2.02. The van der Waals surface area contributed by atoms with Gasteiger partial charge in [-0.15, -0.1) is 0 Å². The van der Waals surface area contributed by atoms with Crippen LogP contribution in [0, 0.1) is 17.0 Å². The molecule has 20 heavy (non-hydrogen) atoms. The molecule has 8 heteroatoms. The van der Waals surface area contributed by atoms with Gasteiger partial charge in [0.1, 0.15) is 5.56 Å². The van der Waals surface area contributed by atoms with Crippen molar-refractivity contribution in [1.82, 2.24) is 9.78 Å². The van der Waals surface area contributed by atoms with E-state index in [9.17, 15) is 20.0 Å². The summed E-state index contributed by atoms with van der Waals surface area (Å²) in [5.41, 5.74) is 0.131. The maximum Gasteiger partial charge on any atom is 0.343 e. The number of hydrogen-bond donors (Lipinski definition) is 1. The third kappa shape index (κ3) is 2.62. The first-order chi connectivity index (χ1) is 9.40. The Morgan fingerprint density at radius 1 is 1.55 bits per heavy atom. The molecular formula is C12H10ClN3O4. The predicted molar refractivity (Wildman–Crippen MR) is 71.1 cm³/mol. The molecule has 0 atom stereocenters. The third-order valence-corrected chi connectivity index (χ3v) is 3.13. The maximum atomic E-state index is 11.2. The molecule has 0 radical (unpaired) electrons. The quantitative estimate of drug-likeness (QED) is 0.690. The molecule has 0 saturated heterocycles.